The fraction of sp³-hybridized carbons (Fsp3) is 0.902. The van der Waals surface area contributed by atoms with Gasteiger partial charge in [0, 0.05) is 12.8 Å². The lowest BCUT2D eigenvalue weighted by Crippen LogP contribution is -2.37. The van der Waals surface area contributed by atoms with Crippen LogP contribution in [-0.4, -0.2) is 70.0 Å². The standard InChI is InChI=1S/C82H158NO8P/c1-6-8-10-12-14-16-18-20-22-24-26-28-30-32-34-36-38-39-40-41-42-43-45-46-48-50-52-54-56-58-60-62-64-66-68-70-72-74-81(84)88-78-80(79-90-92(86,87)89-77-76-83(3,4)5)91-82(85)75-73-71-69-67-65-63-61-59-57-55-53-51-49-47-44-37-35-33-31-29-27-25-23-21-19-17-15-13-11-9-7-2/h19,21,25,27,31,33,80H,6-18,20,22-24,26,28-30,32,34-79H2,1-5H3/b21-19-,27-25-,33-31-. The molecule has 0 heterocycles. The number of likely N-dealkylation sites (N-methyl/N-ethyl adjacent to an activating group) is 1. The second-order valence-corrected chi connectivity index (χ2v) is 30.6. The van der Waals surface area contributed by atoms with Gasteiger partial charge in [0.25, 0.3) is 7.82 Å². The molecule has 0 fully saturated rings. The van der Waals surface area contributed by atoms with Gasteiger partial charge in [0.1, 0.15) is 19.8 Å². The van der Waals surface area contributed by atoms with Crippen molar-refractivity contribution in [2.45, 2.75) is 431 Å². The minimum Gasteiger partial charge on any atom is -0.756 e. The fourth-order valence-electron chi connectivity index (χ4n) is 12.4. The first-order valence-electron chi connectivity index (χ1n) is 40.7. The van der Waals surface area contributed by atoms with Crippen LogP contribution in [0.5, 0.6) is 0 Å². The number of phosphoric acid groups is 1. The van der Waals surface area contributed by atoms with Crippen LogP contribution in [0.15, 0.2) is 36.5 Å². The summed E-state index contributed by atoms with van der Waals surface area (Å²) in [6, 6.07) is 0. The van der Waals surface area contributed by atoms with E-state index in [9.17, 15) is 19.0 Å². The molecule has 0 aliphatic rings. The van der Waals surface area contributed by atoms with Crippen LogP contribution < -0.4 is 4.89 Å². The van der Waals surface area contributed by atoms with E-state index >= 15 is 0 Å². The van der Waals surface area contributed by atoms with Crippen molar-refractivity contribution in [1.82, 2.24) is 0 Å². The Kier molecular flexibility index (Phi) is 72.1. The number of unbranched alkanes of at least 4 members (excludes halogenated alkanes) is 57. The van der Waals surface area contributed by atoms with Crippen LogP contribution in [0.25, 0.3) is 0 Å². The van der Waals surface area contributed by atoms with Gasteiger partial charge in [-0.05, 0) is 51.4 Å². The molecule has 0 bridgehead atoms. The number of phosphoric ester groups is 1. The molecule has 0 aromatic heterocycles. The number of quaternary nitrogens is 1. The lowest BCUT2D eigenvalue weighted by atomic mass is 10.0. The highest BCUT2D eigenvalue weighted by atomic mass is 31.2. The zero-order valence-corrected chi connectivity index (χ0v) is 63.2. The SMILES string of the molecule is CCCCCCC/C=C\C/C=C\C/C=C\CCCCCCCCCCCCCCCCCCC(=O)OC(COC(=O)CCCCCCCCCCCCCCCCCCCCCCCCCCCCCCCCCCCCCCC)COP(=O)([O-])OCC[N+](C)(C)C. The van der Waals surface area contributed by atoms with E-state index in [1.54, 1.807) is 0 Å². The Bertz CT molecular complexity index is 1640. The summed E-state index contributed by atoms with van der Waals surface area (Å²) in [6.07, 6.45) is 95.7. The molecule has 0 saturated heterocycles. The van der Waals surface area contributed by atoms with E-state index in [-0.39, 0.29) is 32.0 Å². The van der Waals surface area contributed by atoms with Gasteiger partial charge in [-0.15, -0.1) is 0 Å². The van der Waals surface area contributed by atoms with E-state index in [0.29, 0.717) is 17.4 Å². The van der Waals surface area contributed by atoms with Crippen LogP contribution in [-0.2, 0) is 32.7 Å². The Morgan fingerprint density at radius 3 is 0.870 bits per heavy atom. The van der Waals surface area contributed by atoms with Crippen LogP contribution in [0.2, 0.25) is 0 Å². The summed E-state index contributed by atoms with van der Waals surface area (Å²) in [5, 5.41) is 0. The summed E-state index contributed by atoms with van der Waals surface area (Å²) in [5.74, 6) is -0.809. The van der Waals surface area contributed by atoms with Gasteiger partial charge in [0.2, 0.25) is 0 Å². The van der Waals surface area contributed by atoms with E-state index in [0.717, 1.165) is 51.4 Å². The second kappa shape index (κ2) is 73.5. The van der Waals surface area contributed by atoms with Crippen molar-refractivity contribution < 1.29 is 42.1 Å². The van der Waals surface area contributed by atoms with Crippen LogP contribution in [0.4, 0.5) is 0 Å². The zero-order valence-electron chi connectivity index (χ0n) is 62.3. The number of hydrogen-bond acceptors (Lipinski definition) is 8. The molecule has 0 N–H and O–H groups in total. The monoisotopic (exact) mass is 1320 g/mol. The van der Waals surface area contributed by atoms with E-state index < -0.39 is 26.5 Å². The molecule has 0 radical (unpaired) electrons. The number of hydrogen-bond donors (Lipinski definition) is 0. The topological polar surface area (TPSA) is 111 Å². The lowest BCUT2D eigenvalue weighted by molar-refractivity contribution is -0.870. The predicted octanol–water partition coefficient (Wildman–Crippen LogP) is 26.3. The van der Waals surface area contributed by atoms with Crippen molar-refractivity contribution >= 4 is 19.8 Å². The molecular weight excluding hydrogens is 1160 g/mol. The molecule has 2 atom stereocenters. The zero-order chi connectivity index (χ0) is 66.9. The highest BCUT2D eigenvalue weighted by Crippen LogP contribution is 2.38. The molecule has 9 nitrogen and oxygen atoms in total. The minimum atomic E-state index is -4.64. The molecule has 0 amide bonds. The average molecular weight is 1320 g/mol. The maximum Gasteiger partial charge on any atom is 0.306 e. The van der Waals surface area contributed by atoms with Gasteiger partial charge in [-0.1, -0.05) is 397 Å². The molecule has 0 aromatic rings. The number of carbonyl (C=O) groups is 2. The highest BCUT2D eigenvalue weighted by Gasteiger charge is 2.22. The maximum atomic E-state index is 12.9. The van der Waals surface area contributed by atoms with Crippen LogP contribution in [0.3, 0.4) is 0 Å². The van der Waals surface area contributed by atoms with Crippen molar-refractivity contribution in [1.29, 1.82) is 0 Å². The van der Waals surface area contributed by atoms with Crippen molar-refractivity contribution in [3.63, 3.8) is 0 Å². The molecule has 0 rings (SSSR count). The summed E-state index contributed by atoms with van der Waals surface area (Å²) in [5.41, 5.74) is 0. The summed E-state index contributed by atoms with van der Waals surface area (Å²) in [6.45, 7) is 4.31. The molecule has 0 aliphatic carbocycles. The third kappa shape index (κ3) is 77.2. The van der Waals surface area contributed by atoms with Crippen LogP contribution >= 0.6 is 7.82 Å². The Morgan fingerprint density at radius 2 is 0.587 bits per heavy atom. The van der Waals surface area contributed by atoms with Gasteiger partial charge in [0.05, 0.1) is 27.7 Å². The first-order chi connectivity index (χ1) is 45.0. The first-order valence-corrected chi connectivity index (χ1v) is 42.2. The predicted molar refractivity (Wildman–Crippen MR) is 398 cm³/mol. The maximum absolute atomic E-state index is 12.9. The number of rotatable bonds is 77. The van der Waals surface area contributed by atoms with Crippen molar-refractivity contribution in [2.75, 3.05) is 47.5 Å². The summed E-state index contributed by atoms with van der Waals surface area (Å²) in [4.78, 5) is 38.2. The Labute approximate surface area is 573 Å². The number of ether oxygens (including phenoxy) is 2. The van der Waals surface area contributed by atoms with E-state index in [2.05, 4.69) is 50.3 Å². The number of allylic oxidation sites excluding steroid dienone is 6. The first kappa shape index (κ1) is 90.2. The molecule has 0 spiro atoms. The minimum absolute atomic E-state index is 0.0279. The van der Waals surface area contributed by atoms with E-state index in [1.165, 1.54) is 340 Å². The largest absolute Gasteiger partial charge is 0.756 e. The van der Waals surface area contributed by atoms with Gasteiger partial charge in [-0.2, -0.15) is 0 Å². The van der Waals surface area contributed by atoms with E-state index in [4.69, 9.17) is 18.5 Å². The Morgan fingerprint density at radius 1 is 0.337 bits per heavy atom. The van der Waals surface area contributed by atoms with Crippen LogP contribution in [0, 0.1) is 0 Å². The molecular formula is C82H158NO8P. The molecule has 0 saturated carbocycles. The Balaban J connectivity index is 3.90. The summed E-state index contributed by atoms with van der Waals surface area (Å²) in [7, 11) is 1.19. The third-order valence-corrected chi connectivity index (χ3v) is 19.6. The molecule has 0 aromatic carbocycles. The Hall–Kier alpha value is -1.77. The highest BCUT2D eigenvalue weighted by molar-refractivity contribution is 7.45. The summed E-state index contributed by atoms with van der Waals surface area (Å²) < 4.78 is 34.4. The van der Waals surface area contributed by atoms with Gasteiger partial charge < -0.3 is 27.9 Å². The van der Waals surface area contributed by atoms with Gasteiger partial charge >= 0.3 is 11.9 Å². The average Bonchev–Trinajstić information content (AvgIpc) is 2.14. The lowest BCUT2D eigenvalue weighted by Gasteiger charge is -2.28. The third-order valence-electron chi connectivity index (χ3n) is 18.7. The molecule has 544 valence electrons. The fourth-order valence-corrected chi connectivity index (χ4v) is 13.2. The smallest absolute Gasteiger partial charge is 0.306 e. The number of esters is 2. The summed E-state index contributed by atoms with van der Waals surface area (Å²) >= 11 is 0. The molecule has 92 heavy (non-hydrogen) atoms. The van der Waals surface area contributed by atoms with Gasteiger partial charge in [-0.3, -0.25) is 14.2 Å². The van der Waals surface area contributed by atoms with E-state index in [1.807, 2.05) is 21.1 Å². The van der Waals surface area contributed by atoms with Crippen molar-refractivity contribution in [2.24, 2.45) is 0 Å². The number of carbonyl (C=O) groups excluding carboxylic acids is 2. The quantitative estimate of drug-likeness (QED) is 0.0195. The van der Waals surface area contributed by atoms with Gasteiger partial charge in [0.15, 0.2) is 6.10 Å². The van der Waals surface area contributed by atoms with Gasteiger partial charge in [-0.25, -0.2) is 0 Å². The molecule has 2 unspecified atom stereocenters. The van der Waals surface area contributed by atoms with Crippen molar-refractivity contribution in [3.05, 3.63) is 36.5 Å². The van der Waals surface area contributed by atoms with Crippen LogP contribution in [0.1, 0.15) is 425 Å². The molecule has 10 heteroatoms. The second-order valence-electron chi connectivity index (χ2n) is 29.1. The number of nitrogens with zero attached hydrogens (tertiary/aromatic N) is 1. The van der Waals surface area contributed by atoms with Crippen molar-refractivity contribution in [3.8, 4) is 0 Å². The molecule has 0 aliphatic heterocycles. The normalized spacial score (nSPS) is 13.2.